The molecule has 0 aromatic heterocycles. The van der Waals surface area contributed by atoms with Crippen LogP contribution < -0.4 is 29.7 Å². The molecule has 1 aliphatic heterocycles. The number of para-hydroxylation sites is 2. The van der Waals surface area contributed by atoms with Gasteiger partial charge in [0.1, 0.15) is 28.0 Å². The molecule has 3 aromatic rings. The largest absolute Gasteiger partial charge is 0.497 e. The van der Waals surface area contributed by atoms with Crippen molar-refractivity contribution in [2.75, 3.05) is 36.4 Å². The van der Waals surface area contributed by atoms with E-state index in [2.05, 4.69) is 10.6 Å². The number of nitrogens with zero attached hydrogens (tertiary/aromatic N) is 1. The van der Waals surface area contributed by atoms with Crippen molar-refractivity contribution in [1.29, 1.82) is 0 Å². The maximum Gasteiger partial charge on any atom is 0.283 e. The highest BCUT2D eigenvalue weighted by Gasteiger charge is 2.40. The summed E-state index contributed by atoms with van der Waals surface area (Å²) in [5, 5.41) is 5.44. The topological polar surface area (TPSA) is 106 Å². The van der Waals surface area contributed by atoms with E-state index < -0.39 is 11.8 Å². The SMILES string of the molecule is CCOc1ccccc1NC(=O)c1ccc(NC2=C(Cl)C(=O)N(c3cc(OC)ccc3OC)C2=O)cc1. The predicted octanol–water partition coefficient (Wildman–Crippen LogP) is 4.79. The second kappa shape index (κ2) is 11.0. The molecule has 0 saturated heterocycles. The Morgan fingerprint density at radius 2 is 1.65 bits per heavy atom. The van der Waals surface area contributed by atoms with Gasteiger partial charge in [-0.3, -0.25) is 14.4 Å². The zero-order chi connectivity index (χ0) is 26.5. The summed E-state index contributed by atoms with van der Waals surface area (Å²) >= 11 is 6.26. The number of ether oxygens (including phenoxy) is 3. The first-order valence-corrected chi connectivity index (χ1v) is 11.7. The van der Waals surface area contributed by atoms with Gasteiger partial charge in [-0.15, -0.1) is 0 Å². The zero-order valence-corrected chi connectivity index (χ0v) is 21.1. The van der Waals surface area contributed by atoms with E-state index in [0.717, 1.165) is 4.90 Å². The van der Waals surface area contributed by atoms with Crippen molar-refractivity contribution < 1.29 is 28.6 Å². The highest BCUT2D eigenvalue weighted by atomic mass is 35.5. The lowest BCUT2D eigenvalue weighted by atomic mass is 10.1. The van der Waals surface area contributed by atoms with Gasteiger partial charge < -0.3 is 24.8 Å². The molecule has 0 aliphatic carbocycles. The van der Waals surface area contributed by atoms with Crippen molar-refractivity contribution in [2.45, 2.75) is 6.92 Å². The highest BCUT2D eigenvalue weighted by molar-refractivity contribution is 6.53. The molecule has 1 heterocycles. The van der Waals surface area contributed by atoms with Crippen molar-refractivity contribution >= 4 is 46.4 Å². The highest BCUT2D eigenvalue weighted by Crippen LogP contribution is 2.38. The Bertz CT molecular complexity index is 1390. The van der Waals surface area contributed by atoms with Gasteiger partial charge in [0, 0.05) is 17.3 Å². The minimum atomic E-state index is -0.704. The van der Waals surface area contributed by atoms with Crippen molar-refractivity contribution in [1.82, 2.24) is 0 Å². The Kier molecular flexibility index (Phi) is 7.64. The fourth-order valence-corrected chi connectivity index (χ4v) is 3.91. The molecule has 2 N–H and O–H groups in total. The summed E-state index contributed by atoms with van der Waals surface area (Å²) in [6.07, 6.45) is 0. The van der Waals surface area contributed by atoms with Gasteiger partial charge >= 0.3 is 0 Å². The molecule has 37 heavy (non-hydrogen) atoms. The van der Waals surface area contributed by atoms with Gasteiger partial charge in [0.05, 0.1) is 32.2 Å². The number of halogens is 1. The van der Waals surface area contributed by atoms with E-state index in [1.807, 2.05) is 13.0 Å². The van der Waals surface area contributed by atoms with Gasteiger partial charge in [-0.1, -0.05) is 23.7 Å². The van der Waals surface area contributed by atoms with Gasteiger partial charge in [-0.05, 0) is 55.5 Å². The maximum absolute atomic E-state index is 13.2. The second-order valence-corrected chi connectivity index (χ2v) is 8.14. The molecule has 9 nitrogen and oxygen atoms in total. The molecule has 0 spiro atoms. The molecule has 1 aliphatic rings. The van der Waals surface area contributed by atoms with Crippen LogP contribution in [0, 0.1) is 0 Å². The van der Waals surface area contributed by atoms with Crippen LogP contribution in [0.5, 0.6) is 17.2 Å². The lowest BCUT2D eigenvalue weighted by molar-refractivity contribution is -0.120. The van der Waals surface area contributed by atoms with Gasteiger partial charge in [0.2, 0.25) is 0 Å². The molecule has 0 radical (unpaired) electrons. The number of nitrogens with one attached hydrogen (secondary N) is 2. The summed E-state index contributed by atoms with van der Waals surface area (Å²) in [4.78, 5) is 39.7. The van der Waals surface area contributed by atoms with Gasteiger partial charge in [0.15, 0.2) is 0 Å². The van der Waals surface area contributed by atoms with Crippen LogP contribution in [0.1, 0.15) is 17.3 Å². The normalized spacial score (nSPS) is 13.0. The van der Waals surface area contributed by atoms with E-state index >= 15 is 0 Å². The van der Waals surface area contributed by atoms with Crippen LogP contribution in [0.2, 0.25) is 0 Å². The van der Waals surface area contributed by atoms with E-state index in [9.17, 15) is 14.4 Å². The van der Waals surface area contributed by atoms with Crippen LogP contribution in [0.4, 0.5) is 17.1 Å². The van der Waals surface area contributed by atoms with Gasteiger partial charge in [0.25, 0.3) is 17.7 Å². The molecule has 0 saturated carbocycles. The maximum atomic E-state index is 13.2. The fourth-order valence-electron chi connectivity index (χ4n) is 3.70. The fraction of sp³-hybridized carbons (Fsp3) is 0.148. The van der Waals surface area contributed by atoms with Crippen LogP contribution in [-0.2, 0) is 9.59 Å². The smallest absolute Gasteiger partial charge is 0.283 e. The number of carbonyl (C=O) groups excluding carboxylic acids is 3. The number of carbonyl (C=O) groups is 3. The summed E-state index contributed by atoms with van der Waals surface area (Å²) < 4.78 is 16.1. The van der Waals surface area contributed by atoms with E-state index in [-0.39, 0.29) is 22.3 Å². The lowest BCUT2D eigenvalue weighted by Gasteiger charge is -2.19. The molecule has 10 heteroatoms. The molecule has 0 atom stereocenters. The van der Waals surface area contributed by atoms with Crippen molar-refractivity contribution in [3.05, 3.63) is 83.0 Å². The summed E-state index contributed by atoms with van der Waals surface area (Å²) in [6, 6.07) is 18.3. The molecule has 3 amide bonds. The molecule has 0 fully saturated rings. The van der Waals surface area contributed by atoms with E-state index in [1.165, 1.54) is 20.3 Å². The van der Waals surface area contributed by atoms with Crippen LogP contribution in [0.25, 0.3) is 0 Å². The Hall–Kier alpha value is -4.50. The number of hydrogen-bond donors (Lipinski definition) is 2. The second-order valence-electron chi connectivity index (χ2n) is 7.76. The van der Waals surface area contributed by atoms with Crippen molar-refractivity contribution in [2.24, 2.45) is 0 Å². The molecular weight excluding hydrogens is 498 g/mol. The monoisotopic (exact) mass is 521 g/mol. The van der Waals surface area contributed by atoms with E-state index in [1.54, 1.807) is 54.6 Å². The third-order valence-corrected chi connectivity index (χ3v) is 5.86. The summed E-state index contributed by atoms with van der Waals surface area (Å²) in [5.41, 5.74) is 1.50. The van der Waals surface area contributed by atoms with Crippen LogP contribution >= 0.6 is 11.6 Å². The standard InChI is InChI=1S/C27H24ClN3O6/c1-4-37-21-8-6-5-7-19(21)30-25(32)16-9-11-17(12-10-16)29-24-23(28)26(33)31(27(24)34)20-15-18(35-2)13-14-22(20)36-3/h5-15,29H,4H2,1-3H3,(H,30,32). The Labute approximate surface area is 218 Å². The van der Waals surface area contributed by atoms with Crippen molar-refractivity contribution in [3.63, 3.8) is 0 Å². The predicted molar refractivity (Wildman–Crippen MR) is 141 cm³/mol. The molecule has 4 rings (SSSR count). The third-order valence-electron chi connectivity index (χ3n) is 5.51. The number of anilines is 3. The Balaban J connectivity index is 1.51. The number of rotatable bonds is 9. The number of methoxy groups -OCH3 is 2. The van der Waals surface area contributed by atoms with E-state index in [0.29, 0.717) is 40.8 Å². The zero-order valence-electron chi connectivity index (χ0n) is 20.3. The summed E-state index contributed by atoms with van der Waals surface area (Å²) in [5.74, 6) is -0.388. The molecule has 0 unspecified atom stereocenters. The molecule has 0 bridgehead atoms. The minimum Gasteiger partial charge on any atom is -0.497 e. The summed E-state index contributed by atoms with van der Waals surface area (Å²) in [6.45, 7) is 2.33. The number of benzene rings is 3. The van der Waals surface area contributed by atoms with E-state index in [4.69, 9.17) is 25.8 Å². The Morgan fingerprint density at radius 3 is 2.32 bits per heavy atom. The number of hydrogen-bond acceptors (Lipinski definition) is 7. The summed E-state index contributed by atoms with van der Waals surface area (Å²) in [7, 11) is 2.90. The molecule has 190 valence electrons. The molecular formula is C27H24ClN3O6. The van der Waals surface area contributed by atoms with Crippen LogP contribution in [-0.4, -0.2) is 38.5 Å². The Morgan fingerprint density at radius 1 is 0.919 bits per heavy atom. The first-order valence-electron chi connectivity index (χ1n) is 11.3. The van der Waals surface area contributed by atoms with Gasteiger partial charge in [-0.2, -0.15) is 0 Å². The third kappa shape index (κ3) is 5.22. The first-order chi connectivity index (χ1) is 17.9. The van der Waals surface area contributed by atoms with Crippen molar-refractivity contribution in [3.8, 4) is 17.2 Å². The number of amides is 3. The quantitative estimate of drug-likeness (QED) is 0.390. The lowest BCUT2D eigenvalue weighted by Crippen LogP contribution is -2.32. The van der Waals surface area contributed by atoms with Crippen LogP contribution in [0.15, 0.2) is 77.5 Å². The average Bonchev–Trinajstić information content (AvgIpc) is 3.12. The first kappa shape index (κ1) is 25.6. The minimum absolute atomic E-state index is 0.0978. The van der Waals surface area contributed by atoms with Crippen LogP contribution in [0.3, 0.4) is 0 Å². The molecule has 3 aromatic carbocycles. The average molecular weight is 522 g/mol. The number of imide groups is 1. The van der Waals surface area contributed by atoms with Gasteiger partial charge in [-0.25, -0.2) is 4.90 Å².